The van der Waals surface area contributed by atoms with E-state index in [9.17, 15) is 14.9 Å². The zero-order valence-corrected chi connectivity index (χ0v) is 11.3. The van der Waals surface area contributed by atoms with Crippen LogP contribution < -0.4 is 5.43 Å². The maximum Gasteiger partial charge on any atom is 0.272 e. The number of nitro benzene ring substituents is 1. The average molecular weight is 284 g/mol. The Bertz CT molecular complexity index is 515. The van der Waals surface area contributed by atoms with Gasteiger partial charge in [-0.2, -0.15) is 5.10 Å². The van der Waals surface area contributed by atoms with Gasteiger partial charge in [0.2, 0.25) is 0 Å². The smallest absolute Gasteiger partial charge is 0.267 e. The highest BCUT2D eigenvalue weighted by molar-refractivity contribution is 6.34. The van der Waals surface area contributed by atoms with E-state index in [2.05, 4.69) is 10.5 Å². The lowest BCUT2D eigenvalue weighted by molar-refractivity contribution is -0.384. The van der Waals surface area contributed by atoms with Crippen molar-refractivity contribution in [3.8, 4) is 0 Å². The minimum Gasteiger partial charge on any atom is -0.267 e. The van der Waals surface area contributed by atoms with Crippen molar-refractivity contribution in [2.75, 3.05) is 0 Å². The molecule has 6 nitrogen and oxygen atoms in total. The quantitative estimate of drug-likeness (QED) is 0.512. The van der Waals surface area contributed by atoms with Gasteiger partial charge in [0.25, 0.3) is 11.6 Å². The molecule has 0 spiro atoms. The summed E-state index contributed by atoms with van der Waals surface area (Å²) in [6.45, 7) is 4.06. The van der Waals surface area contributed by atoms with Crippen LogP contribution in [0.2, 0.25) is 5.02 Å². The highest BCUT2D eigenvalue weighted by Gasteiger charge is 2.14. The lowest BCUT2D eigenvalue weighted by Crippen LogP contribution is -2.18. The minimum atomic E-state index is -0.575. The normalized spacial score (nSPS) is 10.9. The Kier molecular flexibility index (Phi) is 5.44. The van der Waals surface area contributed by atoms with E-state index < -0.39 is 10.8 Å². The van der Waals surface area contributed by atoms with Crippen LogP contribution in [0.15, 0.2) is 23.3 Å². The second-order valence-corrected chi connectivity index (χ2v) is 4.71. The number of carbonyl (C=O) groups is 1. The molecule has 0 aliphatic rings. The van der Waals surface area contributed by atoms with Crippen LogP contribution in [-0.4, -0.2) is 17.0 Å². The Morgan fingerprint density at radius 2 is 2.26 bits per heavy atom. The fourth-order valence-electron chi connectivity index (χ4n) is 1.23. The van der Waals surface area contributed by atoms with Gasteiger partial charge in [-0.05, 0) is 18.4 Å². The monoisotopic (exact) mass is 283 g/mol. The Labute approximate surface area is 115 Å². The molecule has 0 aromatic heterocycles. The number of nitrogens with one attached hydrogen (secondary N) is 1. The van der Waals surface area contributed by atoms with Gasteiger partial charge in [0.15, 0.2) is 0 Å². The van der Waals surface area contributed by atoms with Crippen molar-refractivity contribution in [3.05, 3.63) is 38.9 Å². The van der Waals surface area contributed by atoms with Crippen LogP contribution in [0.5, 0.6) is 0 Å². The first-order valence-electron chi connectivity index (χ1n) is 5.67. The number of rotatable bonds is 5. The number of carbonyl (C=O) groups excluding carboxylic acids is 1. The molecule has 1 amide bonds. The number of hydrogen-bond acceptors (Lipinski definition) is 4. The van der Waals surface area contributed by atoms with Crippen molar-refractivity contribution in [2.24, 2.45) is 11.0 Å². The standard InChI is InChI=1S/C12H14ClN3O3/c1-8(2)5-6-14-15-12(17)10-4-3-9(16(18)19)7-11(10)13/h3-4,6-8H,5H2,1-2H3,(H,15,17). The van der Waals surface area contributed by atoms with Gasteiger partial charge in [-0.25, -0.2) is 5.43 Å². The molecule has 0 bridgehead atoms. The number of non-ortho nitro benzene ring substituents is 1. The lowest BCUT2D eigenvalue weighted by Gasteiger charge is -2.02. The van der Waals surface area contributed by atoms with Gasteiger partial charge in [-0.15, -0.1) is 0 Å². The summed E-state index contributed by atoms with van der Waals surface area (Å²) >= 11 is 5.81. The SMILES string of the molecule is CC(C)CC=NNC(=O)c1ccc([N+](=O)[O-])cc1Cl. The van der Waals surface area contributed by atoms with E-state index in [1.165, 1.54) is 12.1 Å². The zero-order chi connectivity index (χ0) is 14.4. The summed E-state index contributed by atoms with van der Waals surface area (Å²) in [5.41, 5.74) is 2.31. The summed E-state index contributed by atoms with van der Waals surface area (Å²) in [4.78, 5) is 21.7. The molecule has 1 rings (SSSR count). The van der Waals surface area contributed by atoms with Crippen molar-refractivity contribution in [1.82, 2.24) is 5.43 Å². The highest BCUT2D eigenvalue weighted by atomic mass is 35.5. The van der Waals surface area contributed by atoms with Crippen LogP contribution in [0.25, 0.3) is 0 Å². The summed E-state index contributed by atoms with van der Waals surface area (Å²) in [6, 6.07) is 3.65. The van der Waals surface area contributed by atoms with Crippen LogP contribution in [0.4, 0.5) is 5.69 Å². The van der Waals surface area contributed by atoms with E-state index in [0.29, 0.717) is 5.92 Å². The van der Waals surface area contributed by atoms with Crippen molar-refractivity contribution < 1.29 is 9.72 Å². The largest absolute Gasteiger partial charge is 0.272 e. The second kappa shape index (κ2) is 6.84. The molecule has 0 heterocycles. The number of nitro groups is 1. The summed E-state index contributed by atoms with van der Waals surface area (Å²) in [5, 5.41) is 14.3. The van der Waals surface area contributed by atoms with E-state index in [0.717, 1.165) is 12.5 Å². The first-order chi connectivity index (χ1) is 8.91. The van der Waals surface area contributed by atoms with Crippen LogP contribution >= 0.6 is 11.6 Å². The molecule has 0 unspecified atom stereocenters. The Morgan fingerprint density at radius 1 is 1.58 bits per heavy atom. The molecular formula is C12H14ClN3O3. The Hall–Kier alpha value is -1.95. The van der Waals surface area contributed by atoms with E-state index in [1.807, 2.05) is 13.8 Å². The maximum atomic E-state index is 11.7. The third-order valence-corrected chi connectivity index (χ3v) is 2.56. The van der Waals surface area contributed by atoms with E-state index in [1.54, 1.807) is 6.21 Å². The summed E-state index contributed by atoms with van der Waals surface area (Å²) < 4.78 is 0. The van der Waals surface area contributed by atoms with Gasteiger partial charge in [-0.3, -0.25) is 14.9 Å². The summed E-state index contributed by atoms with van der Waals surface area (Å²) in [7, 11) is 0. The van der Waals surface area contributed by atoms with Gasteiger partial charge in [-0.1, -0.05) is 25.4 Å². The first-order valence-corrected chi connectivity index (χ1v) is 6.05. The molecular weight excluding hydrogens is 270 g/mol. The third-order valence-electron chi connectivity index (χ3n) is 2.24. The number of hydrogen-bond donors (Lipinski definition) is 1. The lowest BCUT2D eigenvalue weighted by atomic mass is 10.2. The van der Waals surface area contributed by atoms with E-state index in [-0.39, 0.29) is 16.3 Å². The van der Waals surface area contributed by atoms with Gasteiger partial charge in [0.1, 0.15) is 0 Å². The van der Waals surface area contributed by atoms with E-state index >= 15 is 0 Å². The topological polar surface area (TPSA) is 84.6 Å². The predicted molar refractivity (Wildman–Crippen MR) is 73.5 cm³/mol. The number of halogens is 1. The Morgan fingerprint density at radius 3 is 2.79 bits per heavy atom. The van der Waals surface area contributed by atoms with Gasteiger partial charge >= 0.3 is 0 Å². The Balaban J connectivity index is 2.72. The average Bonchev–Trinajstić information content (AvgIpc) is 2.33. The highest BCUT2D eigenvalue weighted by Crippen LogP contribution is 2.22. The molecule has 1 aromatic carbocycles. The first kappa shape index (κ1) is 15.1. The third kappa shape index (κ3) is 4.67. The molecule has 7 heteroatoms. The number of nitrogens with zero attached hydrogens (tertiary/aromatic N) is 2. The maximum absolute atomic E-state index is 11.7. The number of amides is 1. The molecule has 0 aliphatic heterocycles. The molecule has 0 fully saturated rings. The predicted octanol–water partition coefficient (Wildman–Crippen LogP) is 3.01. The van der Waals surface area contributed by atoms with Crippen molar-refractivity contribution >= 4 is 29.4 Å². The van der Waals surface area contributed by atoms with Gasteiger partial charge in [0, 0.05) is 18.3 Å². The van der Waals surface area contributed by atoms with Gasteiger partial charge < -0.3 is 0 Å². The molecule has 0 aliphatic carbocycles. The fraction of sp³-hybridized carbons (Fsp3) is 0.333. The number of benzene rings is 1. The van der Waals surface area contributed by atoms with Crippen molar-refractivity contribution in [3.63, 3.8) is 0 Å². The second-order valence-electron chi connectivity index (χ2n) is 4.30. The fourth-order valence-corrected chi connectivity index (χ4v) is 1.49. The number of hydrazone groups is 1. The molecule has 102 valence electrons. The van der Waals surface area contributed by atoms with Crippen molar-refractivity contribution in [2.45, 2.75) is 20.3 Å². The molecule has 0 saturated heterocycles. The summed E-state index contributed by atoms with van der Waals surface area (Å²) in [5.74, 6) is -0.0523. The summed E-state index contributed by atoms with van der Waals surface area (Å²) in [6.07, 6.45) is 2.34. The van der Waals surface area contributed by atoms with Gasteiger partial charge in [0.05, 0.1) is 15.5 Å². The molecule has 0 saturated carbocycles. The molecule has 1 aromatic rings. The van der Waals surface area contributed by atoms with Crippen LogP contribution in [0, 0.1) is 16.0 Å². The van der Waals surface area contributed by atoms with Crippen LogP contribution in [0.1, 0.15) is 30.6 Å². The molecule has 19 heavy (non-hydrogen) atoms. The molecule has 1 N–H and O–H groups in total. The minimum absolute atomic E-state index is 0.0192. The van der Waals surface area contributed by atoms with E-state index in [4.69, 9.17) is 11.6 Å². The molecule has 0 atom stereocenters. The van der Waals surface area contributed by atoms with Crippen molar-refractivity contribution in [1.29, 1.82) is 0 Å². The van der Waals surface area contributed by atoms with Crippen LogP contribution in [0.3, 0.4) is 0 Å². The zero-order valence-electron chi connectivity index (χ0n) is 10.6. The molecule has 0 radical (unpaired) electrons. The van der Waals surface area contributed by atoms with Crippen LogP contribution in [-0.2, 0) is 0 Å².